The summed E-state index contributed by atoms with van der Waals surface area (Å²) in [4.78, 5) is 0.0958. The molecule has 1 aliphatic heterocycles. The van der Waals surface area contributed by atoms with Crippen molar-refractivity contribution in [1.82, 2.24) is 4.31 Å². The molecule has 168 valence electrons. The van der Waals surface area contributed by atoms with Crippen molar-refractivity contribution in [3.8, 4) is 0 Å². The van der Waals surface area contributed by atoms with Gasteiger partial charge in [0, 0.05) is 23.1 Å². The number of ether oxygens (including phenoxy) is 1. The van der Waals surface area contributed by atoms with Gasteiger partial charge >= 0.3 is 0 Å². The summed E-state index contributed by atoms with van der Waals surface area (Å²) in [5.41, 5.74) is 1.91. The molecule has 0 saturated carbocycles. The number of benzene rings is 3. The molecule has 1 aliphatic rings. The molecule has 3 aromatic carbocycles. The lowest BCUT2D eigenvalue weighted by Crippen LogP contribution is -2.41. The van der Waals surface area contributed by atoms with Gasteiger partial charge in [-0.25, -0.2) is 12.8 Å². The number of nitrogens with zero attached hydrogens (tertiary/aromatic N) is 1. The van der Waals surface area contributed by atoms with Crippen LogP contribution in [0.3, 0.4) is 0 Å². The summed E-state index contributed by atoms with van der Waals surface area (Å²) in [6.07, 6.45) is 0.664. The van der Waals surface area contributed by atoms with Crippen molar-refractivity contribution in [2.24, 2.45) is 0 Å². The van der Waals surface area contributed by atoms with Gasteiger partial charge in [0.25, 0.3) is 0 Å². The topological polar surface area (TPSA) is 46.6 Å². The molecule has 1 heterocycles. The second kappa shape index (κ2) is 9.89. The van der Waals surface area contributed by atoms with Crippen molar-refractivity contribution in [3.63, 3.8) is 0 Å². The molecular weight excluding hydrogens is 472 g/mol. The van der Waals surface area contributed by atoms with Gasteiger partial charge in [-0.05, 0) is 72.5 Å². The Morgan fingerprint density at radius 2 is 1.28 bits per heavy atom. The zero-order chi connectivity index (χ0) is 22.7. The monoisotopic (exact) mass is 493 g/mol. The highest BCUT2D eigenvalue weighted by Crippen LogP contribution is 2.32. The lowest BCUT2D eigenvalue weighted by molar-refractivity contribution is -0.0170. The minimum Gasteiger partial charge on any atom is -0.365 e. The van der Waals surface area contributed by atoms with Crippen LogP contribution in [0, 0.1) is 5.82 Å². The molecule has 0 atom stereocenters. The Bertz CT molecular complexity index is 1100. The van der Waals surface area contributed by atoms with E-state index < -0.39 is 15.8 Å². The number of halogens is 3. The molecule has 0 radical (unpaired) electrons. The third kappa shape index (κ3) is 5.33. The quantitative estimate of drug-likeness (QED) is 0.417. The summed E-state index contributed by atoms with van der Waals surface area (Å²) in [5, 5.41) is 1.28. The van der Waals surface area contributed by atoms with Crippen molar-refractivity contribution in [3.05, 3.63) is 99.8 Å². The summed E-state index contributed by atoms with van der Waals surface area (Å²) in [7, 11) is -3.66. The maximum atomic E-state index is 13.2. The van der Waals surface area contributed by atoms with Gasteiger partial charge in [0.15, 0.2) is 0 Å². The van der Waals surface area contributed by atoms with E-state index in [1.54, 1.807) is 0 Å². The molecular formula is C24H22Cl2FNO3S. The number of hydrogen-bond acceptors (Lipinski definition) is 3. The van der Waals surface area contributed by atoms with Crippen LogP contribution in [0.1, 0.15) is 30.1 Å². The van der Waals surface area contributed by atoms with E-state index in [0.717, 1.165) is 23.3 Å². The lowest BCUT2D eigenvalue weighted by Gasteiger charge is -2.33. The summed E-state index contributed by atoms with van der Waals surface area (Å²) < 4.78 is 46.8. The van der Waals surface area contributed by atoms with Crippen LogP contribution in [0.25, 0.3) is 0 Å². The van der Waals surface area contributed by atoms with Crippen molar-refractivity contribution < 1.29 is 17.5 Å². The summed E-state index contributed by atoms with van der Waals surface area (Å²) >= 11 is 12.1. The van der Waals surface area contributed by atoms with Gasteiger partial charge in [0.2, 0.25) is 10.0 Å². The van der Waals surface area contributed by atoms with Crippen molar-refractivity contribution >= 4 is 33.2 Å². The highest BCUT2D eigenvalue weighted by Gasteiger charge is 2.31. The molecule has 0 aromatic heterocycles. The van der Waals surface area contributed by atoms with Crippen LogP contribution in [0.5, 0.6) is 0 Å². The molecule has 32 heavy (non-hydrogen) atoms. The van der Waals surface area contributed by atoms with Crippen LogP contribution in [0.4, 0.5) is 4.39 Å². The molecule has 0 amide bonds. The largest absolute Gasteiger partial charge is 0.365 e. The Morgan fingerprint density at radius 3 is 1.75 bits per heavy atom. The Balaban J connectivity index is 1.48. The standard InChI is InChI=1S/C24H22Cl2FNO3S/c25-19-5-1-17(2-6-19)24(18-3-7-20(26)8-4-18)31-22-13-15-28(16-14-22)32(29,30)23-11-9-21(27)10-12-23/h1-12,22,24H,13-16H2. The van der Waals surface area contributed by atoms with Crippen LogP contribution in [0.2, 0.25) is 10.0 Å². The molecule has 1 fully saturated rings. The Morgan fingerprint density at radius 1 is 0.812 bits per heavy atom. The first kappa shape index (κ1) is 23.2. The van der Waals surface area contributed by atoms with E-state index in [1.165, 1.54) is 16.4 Å². The second-order valence-electron chi connectivity index (χ2n) is 7.68. The van der Waals surface area contributed by atoms with Crippen LogP contribution < -0.4 is 0 Å². The molecule has 0 unspecified atom stereocenters. The van der Waals surface area contributed by atoms with Gasteiger partial charge in [-0.2, -0.15) is 4.31 Å². The number of rotatable bonds is 6. The van der Waals surface area contributed by atoms with Gasteiger partial charge in [0.1, 0.15) is 11.9 Å². The zero-order valence-electron chi connectivity index (χ0n) is 17.1. The normalized spacial score (nSPS) is 15.9. The molecule has 0 spiro atoms. The SMILES string of the molecule is O=S(=O)(c1ccc(F)cc1)N1CCC(OC(c2ccc(Cl)cc2)c2ccc(Cl)cc2)CC1. The fourth-order valence-corrected chi connectivity index (χ4v) is 5.50. The molecule has 0 bridgehead atoms. The van der Waals surface area contributed by atoms with Gasteiger partial charge in [0.05, 0.1) is 11.0 Å². The first-order valence-electron chi connectivity index (χ1n) is 10.2. The van der Waals surface area contributed by atoms with Crippen LogP contribution in [0.15, 0.2) is 77.7 Å². The molecule has 4 rings (SSSR count). The van der Waals surface area contributed by atoms with Crippen molar-refractivity contribution in [1.29, 1.82) is 0 Å². The second-order valence-corrected chi connectivity index (χ2v) is 10.5. The summed E-state index contributed by atoms with van der Waals surface area (Å²) in [6.45, 7) is 0.663. The third-order valence-electron chi connectivity index (χ3n) is 5.53. The van der Waals surface area contributed by atoms with Gasteiger partial charge in [-0.3, -0.25) is 0 Å². The van der Waals surface area contributed by atoms with Crippen molar-refractivity contribution in [2.75, 3.05) is 13.1 Å². The molecule has 0 N–H and O–H groups in total. The van der Waals surface area contributed by atoms with Crippen molar-refractivity contribution in [2.45, 2.75) is 29.9 Å². The number of hydrogen-bond donors (Lipinski definition) is 0. The summed E-state index contributed by atoms with van der Waals surface area (Å²) in [6, 6.07) is 19.9. The summed E-state index contributed by atoms with van der Waals surface area (Å²) in [5.74, 6) is -0.466. The smallest absolute Gasteiger partial charge is 0.243 e. The van der Waals surface area contributed by atoms with E-state index in [-0.39, 0.29) is 17.1 Å². The first-order valence-corrected chi connectivity index (χ1v) is 12.4. The van der Waals surface area contributed by atoms with E-state index >= 15 is 0 Å². The molecule has 8 heteroatoms. The van der Waals surface area contributed by atoms with E-state index in [9.17, 15) is 12.8 Å². The molecule has 3 aromatic rings. The van der Waals surface area contributed by atoms with E-state index in [1.807, 2.05) is 48.5 Å². The predicted molar refractivity (Wildman–Crippen MR) is 124 cm³/mol. The maximum Gasteiger partial charge on any atom is 0.243 e. The molecule has 0 aliphatic carbocycles. The average molecular weight is 494 g/mol. The Hall–Kier alpha value is -1.96. The van der Waals surface area contributed by atoms with Crippen LogP contribution in [-0.2, 0) is 14.8 Å². The maximum absolute atomic E-state index is 13.2. The Kier molecular flexibility index (Phi) is 7.17. The van der Waals surface area contributed by atoms with Crippen LogP contribution in [-0.4, -0.2) is 31.9 Å². The Labute approximate surface area is 197 Å². The lowest BCUT2D eigenvalue weighted by atomic mass is 10.0. The predicted octanol–water partition coefficient (Wildman–Crippen LogP) is 6.09. The first-order chi connectivity index (χ1) is 15.3. The van der Waals surface area contributed by atoms with Gasteiger partial charge in [-0.1, -0.05) is 47.5 Å². The minimum atomic E-state index is -3.66. The number of piperidine rings is 1. The molecule has 1 saturated heterocycles. The average Bonchev–Trinajstić information content (AvgIpc) is 2.79. The highest BCUT2D eigenvalue weighted by atomic mass is 35.5. The van der Waals surface area contributed by atoms with E-state index in [4.69, 9.17) is 27.9 Å². The zero-order valence-corrected chi connectivity index (χ0v) is 19.5. The molecule has 4 nitrogen and oxygen atoms in total. The highest BCUT2D eigenvalue weighted by molar-refractivity contribution is 7.89. The third-order valence-corrected chi connectivity index (χ3v) is 7.94. The van der Waals surface area contributed by atoms with E-state index in [2.05, 4.69) is 0 Å². The van der Waals surface area contributed by atoms with Gasteiger partial charge < -0.3 is 4.74 Å². The fraction of sp³-hybridized carbons (Fsp3) is 0.250. The number of sulfonamides is 1. The van der Waals surface area contributed by atoms with E-state index in [0.29, 0.717) is 36.0 Å². The fourth-order valence-electron chi connectivity index (χ4n) is 3.78. The van der Waals surface area contributed by atoms with Gasteiger partial charge in [-0.15, -0.1) is 0 Å². The minimum absolute atomic E-state index is 0.0958. The van der Waals surface area contributed by atoms with Crippen LogP contribution >= 0.6 is 23.2 Å².